The quantitative estimate of drug-likeness (QED) is 0.895. The highest BCUT2D eigenvalue weighted by molar-refractivity contribution is 9.10. The molecule has 0 fully saturated rings. The summed E-state index contributed by atoms with van der Waals surface area (Å²) in [5.74, 6) is 0. The van der Waals surface area contributed by atoms with E-state index >= 15 is 0 Å². The minimum Gasteiger partial charge on any atom is -0.381 e. The van der Waals surface area contributed by atoms with Gasteiger partial charge in [-0.3, -0.25) is 4.68 Å². The van der Waals surface area contributed by atoms with Crippen molar-refractivity contribution in [1.82, 2.24) is 9.78 Å². The van der Waals surface area contributed by atoms with Gasteiger partial charge in [0, 0.05) is 13.7 Å². The van der Waals surface area contributed by atoms with Crippen LogP contribution < -0.4 is 0 Å². The summed E-state index contributed by atoms with van der Waals surface area (Å²) in [6.45, 7) is 4.66. The van der Waals surface area contributed by atoms with Crippen LogP contribution in [0.25, 0.3) is 0 Å². The maximum Gasteiger partial charge on any atom is 0.128 e. The van der Waals surface area contributed by atoms with Gasteiger partial charge in [0.1, 0.15) is 5.60 Å². The molecule has 0 saturated heterocycles. The fourth-order valence-electron chi connectivity index (χ4n) is 1.49. The van der Waals surface area contributed by atoms with Crippen LogP contribution in [0.5, 0.6) is 0 Å². The van der Waals surface area contributed by atoms with Gasteiger partial charge in [-0.15, -0.1) is 0 Å². The van der Waals surface area contributed by atoms with E-state index in [-0.39, 0.29) is 6.61 Å². The number of aryl methyl sites for hydroxylation is 1. The van der Waals surface area contributed by atoms with Gasteiger partial charge in [0.2, 0.25) is 0 Å². The summed E-state index contributed by atoms with van der Waals surface area (Å²) in [6, 6.07) is 0. The molecular formula is C9H15BrN2O2. The van der Waals surface area contributed by atoms with Gasteiger partial charge in [-0.2, -0.15) is 5.10 Å². The highest BCUT2D eigenvalue weighted by atomic mass is 79.9. The molecule has 1 aromatic heterocycles. The van der Waals surface area contributed by atoms with Crippen LogP contribution in [-0.4, -0.2) is 28.6 Å². The Labute approximate surface area is 92.0 Å². The Bertz CT molecular complexity index is 310. The lowest BCUT2D eigenvalue weighted by Gasteiger charge is -2.23. The number of halogens is 1. The number of hydrogen-bond donors (Lipinski definition) is 1. The maximum absolute atomic E-state index is 10.2. The Morgan fingerprint density at radius 3 is 2.86 bits per heavy atom. The van der Waals surface area contributed by atoms with E-state index in [1.54, 1.807) is 24.9 Å². The summed E-state index contributed by atoms with van der Waals surface area (Å²) < 4.78 is 7.53. The average Bonchev–Trinajstić information content (AvgIpc) is 2.47. The van der Waals surface area contributed by atoms with Crippen molar-refractivity contribution in [3.63, 3.8) is 0 Å². The van der Waals surface area contributed by atoms with Crippen LogP contribution >= 0.6 is 15.9 Å². The first kappa shape index (κ1) is 11.7. The molecule has 4 nitrogen and oxygen atoms in total. The second-order valence-corrected chi connectivity index (χ2v) is 4.22. The van der Waals surface area contributed by atoms with Gasteiger partial charge in [0.05, 0.1) is 23.0 Å². The zero-order chi connectivity index (χ0) is 10.8. The second-order valence-electron chi connectivity index (χ2n) is 3.36. The summed E-state index contributed by atoms with van der Waals surface area (Å²) >= 11 is 3.36. The topological polar surface area (TPSA) is 47.3 Å². The van der Waals surface area contributed by atoms with Crippen LogP contribution in [0.3, 0.4) is 0 Å². The molecule has 80 valence electrons. The van der Waals surface area contributed by atoms with Crippen molar-refractivity contribution in [3.05, 3.63) is 16.4 Å². The van der Waals surface area contributed by atoms with Gasteiger partial charge in [0.15, 0.2) is 0 Å². The third kappa shape index (κ3) is 2.16. The first-order chi connectivity index (χ1) is 6.53. The lowest BCUT2D eigenvalue weighted by atomic mass is 10.0. The molecule has 0 amide bonds. The number of nitrogens with zero attached hydrogens (tertiary/aromatic N) is 2. The molecule has 0 aliphatic heterocycles. The van der Waals surface area contributed by atoms with Crippen molar-refractivity contribution in [2.24, 2.45) is 0 Å². The average molecular weight is 263 g/mol. The number of aromatic nitrogens is 2. The lowest BCUT2D eigenvalue weighted by Crippen LogP contribution is -2.30. The van der Waals surface area contributed by atoms with E-state index in [2.05, 4.69) is 21.0 Å². The summed E-state index contributed by atoms with van der Waals surface area (Å²) in [7, 11) is 1.56. The highest BCUT2D eigenvalue weighted by Gasteiger charge is 2.29. The predicted octanol–water partition coefficient (Wildman–Crippen LogP) is 1.52. The zero-order valence-electron chi connectivity index (χ0n) is 8.62. The molecule has 0 radical (unpaired) electrons. The smallest absolute Gasteiger partial charge is 0.128 e. The van der Waals surface area contributed by atoms with Gasteiger partial charge in [-0.1, -0.05) is 0 Å². The normalized spacial score (nSPS) is 15.5. The van der Waals surface area contributed by atoms with Crippen LogP contribution in [-0.2, 0) is 16.9 Å². The molecule has 1 heterocycles. The third-order valence-corrected chi connectivity index (χ3v) is 2.61. The minimum atomic E-state index is -1.01. The molecule has 1 N–H and O–H groups in total. The van der Waals surface area contributed by atoms with Crippen molar-refractivity contribution < 1.29 is 9.84 Å². The molecule has 14 heavy (non-hydrogen) atoms. The predicted molar refractivity (Wildman–Crippen MR) is 57.0 cm³/mol. The van der Waals surface area contributed by atoms with Gasteiger partial charge < -0.3 is 9.84 Å². The van der Waals surface area contributed by atoms with Gasteiger partial charge in [-0.25, -0.2) is 0 Å². The largest absolute Gasteiger partial charge is 0.381 e. The molecule has 0 spiro atoms. The monoisotopic (exact) mass is 262 g/mol. The minimum absolute atomic E-state index is 0.247. The zero-order valence-corrected chi connectivity index (χ0v) is 10.2. The number of aliphatic hydroxyl groups is 1. The van der Waals surface area contributed by atoms with E-state index in [0.717, 1.165) is 16.7 Å². The van der Waals surface area contributed by atoms with Crippen molar-refractivity contribution in [1.29, 1.82) is 0 Å². The van der Waals surface area contributed by atoms with E-state index in [1.807, 2.05) is 6.92 Å². The van der Waals surface area contributed by atoms with Gasteiger partial charge >= 0.3 is 0 Å². The fourth-order valence-corrected chi connectivity index (χ4v) is 2.21. The Kier molecular flexibility index (Phi) is 3.69. The Balaban J connectivity index is 3.08. The van der Waals surface area contributed by atoms with E-state index in [4.69, 9.17) is 4.74 Å². The number of rotatable bonds is 4. The summed E-state index contributed by atoms with van der Waals surface area (Å²) in [4.78, 5) is 0. The van der Waals surface area contributed by atoms with E-state index < -0.39 is 5.60 Å². The van der Waals surface area contributed by atoms with E-state index in [0.29, 0.717) is 0 Å². The van der Waals surface area contributed by atoms with E-state index in [9.17, 15) is 5.11 Å². The first-order valence-electron chi connectivity index (χ1n) is 4.46. The number of methoxy groups -OCH3 is 1. The Morgan fingerprint density at radius 1 is 1.71 bits per heavy atom. The molecule has 1 rings (SSSR count). The fraction of sp³-hybridized carbons (Fsp3) is 0.667. The van der Waals surface area contributed by atoms with Crippen molar-refractivity contribution >= 4 is 15.9 Å². The Hall–Kier alpha value is -0.390. The maximum atomic E-state index is 10.2. The molecule has 0 aliphatic carbocycles. The summed E-state index contributed by atoms with van der Waals surface area (Å²) in [6.07, 6.45) is 1.68. The van der Waals surface area contributed by atoms with Crippen LogP contribution in [0.15, 0.2) is 10.7 Å². The first-order valence-corrected chi connectivity index (χ1v) is 5.25. The summed E-state index contributed by atoms with van der Waals surface area (Å²) in [5, 5.41) is 14.3. The van der Waals surface area contributed by atoms with Crippen molar-refractivity contribution in [3.8, 4) is 0 Å². The standard InChI is InChI=1S/C9H15BrN2O2/c1-4-12-8(7(10)5-11-12)9(2,13)6-14-3/h5,13H,4,6H2,1-3H3. The molecule has 0 aliphatic rings. The van der Waals surface area contributed by atoms with Gasteiger partial charge in [-0.05, 0) is 29.8 Å². The van der Waals surface area contributed by atoms with Gasteiger partial charge in [0.25, 0.3) is 0 Å². The molecule has 0 saturated carbocycles. The third-order valence-electron chi connectivity index (χ3n) is 2.03. The lowest BCUT2D eigenvalue weighted by molar-refractivity contribution is -0.0276. The molecule has 1 aromatic rings. The molecule has 0 bridgehead atoms. The molecule has 0 aromatic carbocycles. The van der Waals surface area contributed by atoms with E-state index in [1.165, 1.54) is 0 Å². The Morgan fingerprint density at radius 2 is 2.36 bits per heavy atom. The molecular weight excluding hydrogens is 248 g/mol. The molecule has 5 heteroatoms. The van der Waals surface area contributed by atoms with Crippen LogP contribution in [0.1, 0.15) is 19.5 Å². The number of ether oxygens (including phenoxy) is 1. The van der Waals surface area contributed by atoms with Crippen LogP contribution in [0.4, 0.5) is 0 Å². The second kappa shape index (κ2) is 4.42. The molecule has 1 atom stereocenters. The van der Waals surface area contributed by atoms with Crippen LogP contribution in [0, 0.1) is 0 Å². The van der Waals surface area contributed by atoms with Crippen LogP contribution in [0.2, 0.25) is 0 Å². The van der Waals surface area contributed by atoms with Crippen molar-refractivity contribution in [2.75, 3.05) is 13.7 Å². The highest BCUT2D eigenvalue weighted by Crippen LogP contribution is 2.28. The van der Waals surface area contributed by atoms with Crippen molar-refractivity contribution in [2.45, 2.75) is 26.0 Å². The molecule has 1 unspecified atom stereocenters. The number of hydrogen-bond acceptors (Lipinski definition) is 3. The summed E-state index contributed by atoms with van der Waals surface area (Å²) in [5.41, 5.74) is -0.262. The SMILES string of the molecule is CCn1ncc(Br)c1C(C)(O)COC.